The highest BCUT2D eigenvalue weighted by atomic mass is 79.9. The van der Waals surface area contributed by atoms with Crippen LogP contribution in [0.25, 0.3) is 0 Å². The molecule has 0 fully saturated rings. The molecular formula is C11H5BrO3. The van der Waals surface area contributed by atoms with Crippen LogP contribution >= 0.6 is 15.9 Å². The first-order valence-electron chi connectivity index (χ1n) is 4.18. The molecule has 1 aliphatic rings. The first-order valence-corrected chi connectivity index (χ1v) is 5.30. The average molecular weight is 265 g/mol. The number of ether oxygens (including phenoxy) is 1. The molecule has 0 radical (unpaired) electrons. The molecule has 0 aromatic heterocycles. The van der Waals surface area contributed by atoms with Crippen LogP contribution in [-0.4, -0.2) is 17.3 Å². The molecule has 0 aliphatic carbocycles. The maximum atomic E-state index is 11.3. The van der Waals surface area contributed by atoms with Gasteiger partial charge in [0.25, 0.3) is 0 Å². The Balaban J connectivity index is 2.60. The molecular weight excluding hydrogens is 260 g/mol. The normalized spacial score (nSPS) is 12.9. The predicted molar refractivity (Wildman–Crippen MR) is 56.9 cm³/mol. The van der Waals surface area contributed by atoms with Crippen LogP contribution in [0, 0.1) is 11.8 Å². The van der Waals surface area contributed by atoms with E-state index in [9.17, 15) is 9.59 Å². The lowest BCUT2D eigenvalue weighted by Gasteiger charge is -1.94. The number of carbonyl (C=O) groups is 2. The fourth-order valence-electron chi connectivity index (χ4n) is 1.37. The zero-order valence-corrected chi connectivity index (χ0v) is 9.13. The number of fused-ring (bicyclic) bond motifs is 1. The number of benzene rings is 1. The summed E-state index contributed by atoms with van der Waals surface area (Å²) in [6.45, 7) is 0. The molecule has 1 aromatic rings. The Kier molecular flexibility index (Phi) is 2.57. The van der Waals surface area contributed by atoms with E-state index in [2.05, 4.69) is 32.5 Å². The fourth-order valence-corrected chi connectivity index (χ4v) is 1.51. The molecule has 1 aromatic carbocycles. The summed E-state index contributed by atoms with van der Waals surface area (Å²) >= 11 is 3.16. The van der Waals surface area contributed by atoms with Crippen LogP contribution in [0.2, 0.25) is 0 Å². The Hall–Kier alpha value is -1.60. The van der Waals surface area contributed by atoms with Gasteiger partial charge in [0.1, 0.15) is 0 Å². The first-order chi connectivity index (χ1) is 7.24. The second kappa shape index (κ2) is 3.87. The molecule has 0 amide bonds. The van der Waals surface area contributed by atoms with Gasteiger partial charge in [-0.2, -0.15) is 0 Å². The van der Waals surface area contributed by atoms with E-state index < -0.39 is 11.9 Å². The molecule has 4 heteroatoms. The molecule has 0 bridgehead atoms. The molecule has 0 N–H and O–H groups in total. The minimum Gasteiger partial charge on any atom is -0.386 e. The number of rotatable bonds is 0. The Morgan fingerprint density at radius 1 is 1.27 bits per heavy atom. The lowest BCUT2D eigenvalue weighted by molar-refractivity contribution is 0.0444. The maximum absolute atomic E-state index is 11.3. The second-order valence-electron chi connectivity index (χ2n) is 2.84. The zero-order valence-electron chi connectivity index (χ0n) is 7.54. The van der Waals surface area contributed by atoms with Crippen LogP contribution < -0.4 is 0 Å². The van der Waals surface area contributed by atoms with Crippen molar-refractivity contribution >= 4 is 27.9 Å². The van der Waals surface area contributed by atoms with E-state index >= 15 is 0 Å². The zero-order chi connectivity index (χ0) is 10.8. The summed E-state index contributed by atoms with van der Waals surface area (Å²) in [5, 5.41) is 0.514. The van der Waals surface area contributed by atoms with Crippen LogP contribution in [0.5, 0.6) is 0 Å². The number of esters is 2. The monoisotopic (exact) mass is 264 g/mol. The SMILES string of the molecule is O=C1OC(=O)c2c(C#CCBr)cccc21. The molecule has 1 aliphatic heterocycles. The molecule has 0 saturated heterocycles. The summed E-state index contributed by atoms with van der Waals surface area (Å²) in [4.78, 5) is 22.5. The Morgan fingerprint density at radius 2 is 2.07 bits per heavy atom. The Labute approximate surface area is 94.6 Å². The molecule has 3 nitrogen and oxygen atoms in total. The summed E-state index contributed by atoms with van der Waals surface area (Å²) in [6, 6.07) is 4.92. The van der Waals surface area contributed by atoms with Crippen LogP contribution in [0.3, 0.4) is 0 Å². The number of alkyl halides is 1. The third-order valence-electron chi connectivity index (χ3n) is 1.96. The van der Waals surface area contributed by atoms with Gasteiger partial charge in [-0.05, 0) is 12.1 Å². The van der Waals surface area contributed by atoms with E-state index in [0.29, 0.717) is 16.5 Å². The van der Waals surface area contributed by atoms with Crippen molar-refractivity contribution in [3.05, 3.63) is 34.9 Å². The topological polar surface area (TPSA) is 43.4 Å². The van der Waals surface area contributed by atoms with Gasteiger partial charge in [0.05, 0.1) is 16.5 Å². The summed E-state index contributed by atoms with van der Waals surface area (Å²) in [7, 11) is 0. The number of carbonyl (C=O) groups excluding carboxylic acids is 2. The van der Waals surface area contributed by atoms with Gasteiger partial charge in [-0.1, -0.05) is 33.8 Å². The summed E-state index contributed by atoms with van der Waals surface area (Å²) in [5.41, 5.74) is 1.10. The largest absolute Gasteiger partial charge is 0.386 e. The van der Waals surface area contributed by atoms with Crippen LogP contribution in [0.15, 0.2) is 18.2 Å². The summed E-state index contributed by atoms with van der Waals surface area (Å²) < 4.78 is 4.49. The molecule has 0 atom stereocenters. The van der Waals surface area contributed by atoms with Crippen LogP contribution in [0.1, 0.15) is 26.3 Å². The van der Waals surface area contributed by atoms with Gasteiger partial charge >= 0.3 is 11.9 Å². The smallest absolute Gasteiger partial charge is 0.348 e. The molecule has 2 rings (SSSR count). The summed E-state index contributed by atoms with van der Waals surface area (Å²) in [6.07, 6.45) is 0. The average Bonchev–Trinajstić information content (AvgIpc) is 2.53. The molecule has 74 valence electrons. The van der Waals surface area contributed by atoms with Crippen molar-refractivity contribution in [1.82, 2.24) is 0 Å². The van der Waals surface area contributed by atoms with E-state index in [1.807, 2.05) is 0 Å². The van der Waals surface area contributed by atoms with Gasteiger partial charge in [0, 0.05) is 5.56 Å². The Morgan fingerprint density at radius 3 is 2.80 bits per heavy atom. The molecule has 15 heavy (non-hydrogen) atoms. The summed E-state index contributed by atoms with van der Waals surface area (Å²) in [5.74, 6) is 4.36. The van der Waals surface area contributed by atoms with Crippen LogP contribution in [0.4, 0.5) is 0 Å². The van der Waals surface area contributed by atoms with Crippen LogP contribution in [-0.2, 0) is 4.74 Å². The molecule has 0 spiro atoms. The van der Waals surface area contributed by atoms with E-state index in [0.717, 1.165) is 0 Å². The Bertz CT molecular complexity index is 508. The second-order valence-corrected chi connectivity index (χ2v) is 3.40. The number of halogens is 1. The van der Waals surface area contributed by atoms with Crippen molar-refractivity contribution in [3.8, 4) is 11.8 Å². The fraction of sp³-hybridized carbons (Fsp3) is 0.0909. The lowest BCUT2D eigenvalue weighted by Crippen LogP contribution is -1.98. The third kappa shape index (κ3) is 1.66. The van der Waals surface area contributed by atoms with Crippen molar-refractivity contribution in [1.29, 1.82) is 0 Å². The molecule has 0 unspecified atom stereocenters. The van der Waals surface area contributed by atoms with Crippen molar-refractivity contribution in [2.75, 3.05) is 5.33 Å². The van der Waals surface area contributed by atoms with Gasteiger partial charge in [-0.15, -0.1) is 0 Å². The van der Waals surface area contributed by atoms with Gasteiger partial charge in [-0.3, -0.25) is 0 Å². The lowest BCUT2D eigenvalue weighted by atomic mass is 10.0. The minimum absolute atomic E-state index is 0.274. The van der Waals surface area contributed by atoms with E-state index in [1.54, 1.807) is 18.2 Å². The molecule has 1 heterocycles. The molecule has 0 saturated carbocycles. The standard InChI is InChI=1S/C11H5BrO3/c12-6-2-4-7-3-1-5-8-9(7)11(14)15-10(8)13/h1,3,5H,6H2. The maximum Gasteiger partial charge on any atom is 0.348 e. The van der Waals surface area contributed by atoms with E-state index in [4.69, 9.17) is 0 Å². The number of hydrogen-bond acceptors (Lipinski definition) is 3. The van der Waals surface area contributed by atoms with Gasteiger partial charge in [0.15, 0.2) is 0 Å². The van der Waals surface area contributed by atoms with Gasteiger partial charge in [-0.25, -0.2) is 9.59 Å². The van der Waals surface area contributed by atoms with E-state index in [-0.39, 0.29) is 5.56 Å². The van der Waals surface area contributed by atoms with Crippen molar-refractivity contribution < 1.29 is 14.3 Å². The highest BCUT2D eigenvalue weighted by molar-refractivity contribution is 9.09. The highest BCUT2D eigenvalue weighted by Gasteiger charge is 2.31. The quantitative estimate of drug-likeness (QED) is 0.310. The van der Waals surface area contributed by atoms with Crippen molar-refractivity contribution in [2.24, 2.45) is 0 Å². The number of cyclic esters (lactones) is 2. The van der Waals surface area contributed by atoms with Gasteiger partial charge in [0.2, 0.25) is 0 Å². The third-order valence-corrected chi connectivity index (χ3v) is 2.24. The predicted octanol–water partition coefficient (Wildman–Crippen LogP) is 1.74. The minimum atomic E-state index is -0.616. The number of hydrogen-bond donors (Lipinski definition) is 0. The van der Waals surface area contributed by atoms with E-state index in [1.165, 1.54) is 0 Å². The highest BCUT2D eigenvalue weighted by Crippen LogP contribution is 2.22. The van der Waals surface area contributed by atoms with Gasteiger partial charge < -0.3 is 4.74 Å². The first kappa shape index (κ1) is 9.94. The van der Waals surface area contributed by atoms with Crippen molar-refractivity contribution in [2.45, 2.75) is 0 Å². The van der Waals surface area contributed by atoms with Crippen molar-refractivity contribution in [3.63, 3.8) is 0 Å².